The summed E-state index contributed by atoms with van der Waals surface area (Å²) in [4.78, 5) is 0. The Hall–Kier alpha value is -1.42. The first-order chi connectivity index (χ1) is 8.82. The van der Waals surface area contributed by atoms with Gasteiger partial charge in [0.15, 0.2) is 0 Å². The van der Waals surface area contributed by atoms with Crippen LogP contribution in [0.2, 0.25) is 0 Å². The van der Waals surface area contributed by atoms with Crippen molar-refractivity contribution in [1.29, 1.82) is 0 Å². The van der Waals surface area contributed by atoms with Crippen molar-refractivity contribution >= 4 is 5.69 Å². The first kappa shape index (κ1) is 11.7. The Morgan fingerprint density at radius 3 is 2.67 bits per heavy atom. The maximum atomic E-state index is 5.45. The fraction of sp³-hybridized carbons (Fsp3) is 0.529. The molecule has 1 heteroatoms. The maximum Gasteiger partial charge on any atom is 0.0355 e. The maximum absolute atomic E-state index is 5.45. The van der Waals surface area contributed by atoms with E-state index in [-0.39, 0.29) is 0 Å². The average Bonchev–Trinajstić information content (AvgIpc) is 2.45. The van der Waals surface area contributed by atoms with Gasteiger partial charge >= 0.3 is 0 Å². The van der Waals surface area contributed by atoms with Gasteiger partial charge in [-0.1, -0.05) is 31.2 Å². The molecule has 2 aliphatic rings. The number of hydrogen-bond acceptors (Lipinski definition) is 1. The normalized spacial score (nSPS) is 25.2. The van der Waals surface area contributed by atoms with Gasteiger partial charge < -0.3 is 5.32 Å². The highest BCUT2D eigenvalue weighted by atomic mass is 15.0. The van der Waals surface area contributed by atoms with E-state index in [1.54, 1.807) is 0 Å². The second kappa shape index (κ2) is 4.69. The molecule has 2 fully saturated rings. The molecule has 1 nitrogen and oxygen atoms in total. The minimum Gasteiger partial charge on any atom is -0.382 e. The van der Waals surface area contributed by atoms with E-state index in [9.17, 15) is 0 Å². The summed E-state index contributed by atoms with van der Waals surface area (Å²) in [5, 5.41) is 3.72. The minimum atomic E-state index is 0.602. The van der Waals surface area contributed by atoms with Gasteiger partial charge in [0.2, 0.25) is 0 Å². The van der Waals surface area contributed by atoms with E-state index < -0.39 is 0 Å². The summed E-state index contributed by atoms with van der Waals surface area (Å²) in [6.07, 6.45) is 15.3. The summed E-state index contributed by atoms with van der Waals surface area (Å²) in [7, 11) is 0. The van der Waals surface area contributed by atoms with E-state index in [0.717, 1.165) is 5.56 Å². The van der Waals surface area contributed by atoms with Crippen LogP contribution in [-0.2, 0) is 0 Å². The van der Waals surface area contributed by atoms with Crippen molar-refractivity contribution in [2.75, 3.05) is 5.32 Å². The molecule has 0 aromatic heterocycles. The Morgan fingerprint density at radius 1 is 1.17 bits per heavy atom. The van der Waals surface area contributed by atoms with Crippen molar-refractivity contribution in [3.05, 3.63) is 29.8 Å². The van der Waals surface area contributed by atoms with Gasteiger partial charge in [-0.2, -0.15) is 0 Å². The van der Waals surface area contributed by atoms with Gasteiger partial charge in [0.05, 0.1) is 0 Å². The van der Waals surface area contributed by atoms with Crippen LogP contribution in [0.4, 0.5) is 5.69 Å². The topological polar surface area (TPSA) is 12.0 Å². The number of rotatable bonds is 2. The molecule has 1 unspecified atom stereocenters. The molecule has 1 N–H and O–H groups in total. The third-order valence-electron chi connectivity index (χ3n) is 4.89. The Kier molecular flexibility index (Phi) is 3.04. The Morgan fingerprint density at radius 2 is 2.00 bits per heavy atom. The van der Waals surface area contributed by atoms with Gasteiger partial charge in [-0.15, -0.1) is 6.42 Å². The molecule has 0 saturated heterocycles. The number of hydrogen-bond donors (Lipinski definition) is 1. The number of benzene rings is 1. The van der Waals surface area contributed by atoms with E-state index in [2.05, 4.69) is 23.4 Å². The van der Waals surface area contributed by atoms with Crippen molar-refractivity contribution in [3.63, 3.8) is 0 Å². The number of nitrogens with one attached hydrogen (secondary N) is 1. The predicted octanol–water partition coefficient (Wildman–Crippen LogP) is 4.19. The molecule has 1 aromatic rings. The first-order valence-corrected chi connectivity index (χ1v) is 7.16. The summed E-state index contributed by atoms with van der Waals surface area (Å²) < 4.78 is 0. The van der Waals surface area contributed by atoms with Crippen molar-refractivity contribution in [3.8, 4) is 12.3 Å². The first-order valence-electron chi connectivity index (χ1n) is 7.16. The molecule has 0 heterocycles. The number of terminal acetylenes is 1. The molecule has 0 radical (unpaired) electrons. The molecule has 18 heavy (non-hydrogen) atoms. The molecule has 2 aliphatic carbocycles. The van der Waals surface area contributed by atoms with Gasteiger partial charge in [0.25, 0.3) is 0 Å². The molecular weight excluding hydrogens is 218 g/mol. The van der Waals surface area contributed by atoms with Crippen LogP contribution in [0.5, 0.6) is 0 Å². The Labute approximate surface area is 110 Å². The summed E-state index contributed by atoms with van der Waals surface area (Å²) in [5.41, 5.74) is 2.77. The monoisotopic (exact) mass is 239 g/mol. The highest BCUT2D eigenvalue weighted by Crippen LogP contribution is 2.52. The molecule has 1 atom stereocenters. The standard InChI is InChI=1S/C17H21N/c1-2-14-7-6-8-15(13-14)18-16-9-12-17(16)10-4-3-5-11-17/h1,6-8,13,16,18H,3-5,9-12H2. The van der Waals surface area contributed by atoms with Gasteiger partial charge in [0, 0.05) is 17.3 Å². The van der Waals surface area contributed by atoms with Gasteiger partial charge in [0.1, 0.15) is 0 Å². The Bertz CT molecular complexity index is 463. The summed E-state index contributed by atoms with van der Waals surface area (Å²) in [6.45, 7) is 0. The Balaban J connectivity index is 1.71. The average molecular weight is 239 g/mol. The van der Waals surface area contributed by atoms with Crippen LogP contribution in [0.15, 0.2) is 24.3 Å². The van der Waals surface area contributed by atoms with Gasteiger partial charge in [-0.25, -0.2) is 0 Å². The van der Waals surface area contributed by atoms with E-state index in [4.69, 9.17) is 6.42 Å². The van der Waals surface area contributed by atoms with Crippen LogP contribution in [0, 0.1) is 17.8 Å². The molecule has 1 aromatic carbocycles. The molecule has 0 amide bonds. The van der Waals surface area contributed by atoms with E-state index in [1.165, 1.54) is 50.6 Å². The predicted molar refractivity (Wildman–Crippen MR) is 76.5 cm³/mol. The molecule has 1 spiro atoms. The van der Waals surface area contributed by atoms with Crippen LogP contribution in [0.1, 0.15) is 50.5 Å². The van der Waals surface area contributed by atoms with Crippen molar-refractivity contribution in [1.82, 2.24) is 0 Å². The lowest BCUT2D eigenvalue weighted by molar-refractivity contribution is 0.0571. The van der Waals surface area contributed by atoms with Crippen LogP contribution in [0.25, 0.3) is 0 Å². The third kappa shape index (κ3) is 2.01. The van der Waals surface area contributed by atoms with Crippen molar-refractivity contribution < 1.29 is 0 Å². The van der Waals surface area contributed by atoms with E-state index in [1.807, 2.05) is 12.1 Å². The van der Waals surface area contributed by atoms with Gasteiger partial charge in [-0.05, 0) is 49.3 Å². The van der Waals surface area contributed by atoms with E-state index >= 15 is 0 Å². The fourth-order valence-electron chi connectivity index (χ4n) is 3.68. The lowest BCUT2D eigenvalue weighted by Crippen LogP contribution is -2.50. The summed E-state index contributed by atoms with van der Waals surface area (Å²) >= 11 is 0. The fourth-order valence-corrected chi connectivity index (χ4v) is 3.68. The third-order valence-corrected chi connectivity index (χ3v) is 4.89. The molecule has 2 saturated carbocycles. The zero-order valence-electron chi connectivity index (χ0n) is 10.9. The minimum absolute atomic E-state index is 0.602. The van der Waals surface area contributed by atoms with E-state index in [0.29, 0.717) is 11.5 Å². The largest absolute Gasteiger partial charge is 0.382 e. The number of anilines is 1. The molecule has 94 valence electrons. The lowest BCUT2D eigenvalue weighted by Gasteiger charge is -2.52. The van der Waals surface area contributed by atoms with Crippen LogP contribution >= 0.6 is 0 Å². The smallest absolute Gasteiger partial charge is 0.0355 e. The molecule has 0 bridgehead atoms. The van der Waals surface area contributed by atoms with Crippen LogP contribution < -0.4 is 5.32 Å². The lowest BCUT2D eigenvalue weighted by atomic mass is 9.57. The second-order valence-electron chi connectivity index (χ2n) is 5.88. The van der Waals surface area contributed by atoms with Gasteiger partial charge in [-0.3, -0.25) is 0 Å². The molecular formula is C17H21N. The highest BCUT2D eigenvalue weighted by Gasteiger charge is 2.46. The van der Waals surface area contributed by atoms with Crippen molar-refractivity contribution in [2.24, 2.45) is 5.41 Å². The SMILES string of the molecule is C#Cc1cccc(NC2CCC23CCCCC3)c1. The molecule has 3 rings (SSSR count). The summed E-state index contributed by atoms with van der Waals surface area (Å²) in [6, 6.07) is 8.93. The zero-order valence-corrected chi connectivity index (χ0v) is 10.9. The van der Waals surface area contributed by atoms with Crippen LogP contribution in [-0.4, -0.2) is 6.04 Å². The quantitative estimate of drug-likeness (QED) is 0.763. The second-order valence-corrected chi connectivity index (χ2v) is 5.88. The molecule has 0 aliphatic heterocycles. The van der Waals surface area contributed by atoms with Crippen molar-refractivity contribution in [2.45, 2.75) is 51.0 Å². The van der Waals surface area contributed by atoms with Crippen LogP contribution in [0.3, 0.4) is 0 Å². The summed E-state index contributed by atoms with van der Waals surface area (Å²) in [5.74, 6) is 2.71. The highest BCUT2D eigenvalue weighted by molar-refractivity contribution is 5.51. The zero-order chi connectivity index (χ0) is 12.4.